The van der Waals surface area contributed by atoms with Crippen LogP contribution in [-0.4, -0.2) is 13.7 Å². The van der Waals surface area contributed by atoms with Gasteiger partial charge in [0.1, 0.15) is 0 Å². The molecule has 10 aromatic carbocycles. The van der Waals surface area contributed by atoms with E-state index in [2.05, 4.69) is 275 Å². The third-order valence-corrected chi connectivity index (χ3v) is 18.6. The Balaban J connectivity index is 0.000000247. The number of rotatable bonds is 11. The van der Waals surface area contributed by atoms with E-state index in [4.69, 9.17) is 5.73 Å². The molecule has 3 aliphatic rings. The van der Waals surface area contributed by atoms with Crippen molar-refractivity contribution in [3.8, 4) is 11.1 Å². The lowest BCUT2D eigenvalue weighted by molar-refractivity contribution is 0.745. The SMILES string of the molecule is C=C(/C=C\c1ccccc1C)/C(=C1/C=Cc2ccccc2C1)c1ccc(P(C)c2ccc(C3=C4CCc5ccccc5C4Nc4c3ccc3ccccc43)cc2)cc1.C=C/C=C\C=C/C.CC.CNc1ccccc1N.Cc1ccc(-c2ccccc2)cc1. The van der Waals surface area contributed by atoms with Crippen LogP contribution in [0.3, 0.4) is 0 Å². The van der Waals surface area contributed by atoms with Gasteiger partial charge in [0.25, 0.3) is 0 Å². The van der Waals surface area contributed by atoms with Gasteiger partial charge in [-0.25, -0.2) is 0 Å². The predicted molar refractivity (Wildman–Crippen MR) is 394 cm³/mol. The molecule has 13 rings (SSSR count). The van der Waals surface area contributed by atoms with Crippen LogP contribution in [0, 0.1) is 13.8 Å². The van der Waals surface area contributed by atoms with E-state index in [1.54, 1.807) is 6.08 Å². The lowest BCUT2D eigenvalue weighted by Crippen LogP contribution is -2.25. The van der Waals surface area contributed by atoms with Crippen LogP contribution in [0.5, 0.6) is 0 Å². The Labute approximate surface area is 532 Å². The van der Waals surface area contributed by atoms with Crippen LogP contribution in [0.4, 0.5) is 17.1 Å². The van der Waals surface area contributed by atoms with Gasteiger partial charge in [-0.1, -0.05) is 312 Å². The zero-order valence-corrected chi connectivity index (χ0v) is 53.7. The summed E-state index contributed by atoms with van der Waals surface area (Å²) in [6, 6.07) is 85.4. The Morgan fingerprint density at radius 2 is 1.24 bits per heavy atom. The van der Waals surface area contributed by atoms with E-state index in [0.29, 0.717) is 0 Å². The van der Waals surface area contributed by atoms with Crippen molar-refractivity contribution < 1.29 is 0 Å². The second kappa shape index (κ2) is 31.7. The minimum absolute atomic E-state index is 0.174. The first kappa shape index (κ1) is 63.7. The van der Waals surface area contributed by atoms with E-state index in [0.717, 1.165) is 36.2 Å². The zero-order valence-electron chi connectivity index (χ0n) is 52.9. The van der Waals surface area contributed by atoms with Gasteiger partial charge in [-0.05, 0) is 166 Å². The Bertz CT molecular complexity index is 4210. The van der Waals surface area contributed by atoms with Crippen molar-refractivity contribution in [3.63, 3.8) is 0 Å². The Kier molecular flexibility index (Phi) is 22.7. The van der Waals surface area contributed by atoms with Crippen molar-refractivity contribution in [2.75, 3.05) is 30.1 Å². The average molecular weight is 1180 g/mol. The van der Waals surface area contributed by atoms with Crippen LogP contribution in [0.25, 0.3) is 45.2 Å². The van der Waals surface area contributed by atoms with Gasteiger partial charge in [-0.2, -0.15) is 0 Å². The standard InChI is InChI=1S/C56H46NP.C13H12.C7H10N2.C7H10.C2H6/c1-37-12-4-5-13-39(37)21-20-38(2)53(46-23-22-40-14-6-7-17-45(40)36-46)43-24-30-47(31-25-43)58(3)48-32-26-44(27-33-48)54-51-34-28-41-15-8-10-18-49(41)55(51)57-56-50-19-11-9-16-42(50)29-35-52(54)56;1-11-7-9-13(10-8-11)12-5-3-2-4-6-12;1-9-7-5-3-2-4-6(7)8;1-3-5-7-6-4-2;1-2/h4-28,30-34,56-57H,2,29,35-36H2,1,3H3;2-10H,1H3;2-5,9H,8H2,1H3;3-7H,1H2,2H3;1-2H3/b21-20-,53-46+;;;6-4-,7-5-;. The molecule has 1 heterocycles. The summed E-state index contributed by atoms with van der Waals surface area (Å²) in [5.41, 5.74) is 30.7. The largest absolute Gasteiger partial charge is 0.397 e. The van der Waals surface area contributed by atoms with Crippen molar-refractivity contribution >= 4 is 69.7 Å². The molecule has 0 spiro atoms. The topological polar surface area (TPSA) is 50.1 Å². The number of para-hydroxylation sites is 2. The molecule has 0 bridgehead atoms. The average Bonchev–Trinajstić information content (AvgIpc) is 1.11. The van der Waals surface area contributed by atoms with Gasteiger partial charge >= 0.3 is 0 Å². The normalized spacial score (nSPS) is 14.3. The molecule has 2 atom stereocenters. The summed E-state index contributed by atoms with van der Waals surface area (Å²) >= 11 is 0. The number of nitrogens with two attached hydrogens (primary N) is 1. The minimum Gasteiger partial charge on any atom is -0.397 e. The first-order valence-corrected chi connectivity index (χ1v) is 32.9. The van der Waals surface area contributed by atoms with Crippen molar-refractivity contribution in [2.45, 2.75) is 59.9 Å². The molecule has 1 aliphatic heterocycles. The summed E-state index contributed by atoms with van der Waals surface area (Å²) in [7, 11) is 1.29. The van der Waals surface area contributed by atoms with Crippen LogP contribution >= 0.6 is 7.92 Å². The third kappa shape index (κ3) is 15.9. The first-order chi connectivity index (χ1) is 43.6. The number of nitrogens with one attached hydrogen (secondary N) is 2. The van der Waals surface area contributed by atoms with Crippen molar-refractivity contribution in [1.29, 1.82) is 0 Å². The molecular weight excluding hydrogens is 1090 g/mol. The van der Waals surface area contributed by atoms with E-state index in [9.17, 15) is 0 Å². The van der Waals surface area contributed by atoms with E-state index in [1.165, 1.54) is 116 Å². The van der Waals surface area contributed by atoms with Gasteiger partial charge in [0.2, 0.25) is 0 Å². The Morgan fingerprint density at radius 3 is 1.94 bits per heavy atom. The highest BCUT2D eigenvalue weighted by atomic mass is 31.1. The summed E-state index contributed by atoms with van der Waals surface area (Å²) in [4.78, 5) is 0. The molecule has 0 aromatic heterocycles. The lowest BCUT2D eigenvalue weighted by atomic mass is 9.75. The Hall–Kier alpha value is -9.79. The molecule has 0 saturated carbocycles. The first-order valence-electron chi connectivity index (χ1n) is 31.1. The van der Waals surface area contributed by atoms with Gasteiger partial charge < -0.3 is 16.4 Å². The van der Waals surface area contributed by atoms with Crippen LogP contribution < -0.4 is 27.0 Å². The van der Waals surface area contributed by atoms with E-state index >= 15 is 0 Å². The highest BCUT2D eigenvalue weighted by molar-refractivity contribution is 7.72. The van der Waals surface area contributed by atoms with Crippen LogP contribution in [0.15, 0.2) is 309 Å². The fraction of sp³-hybridized carbons (Fsp3) is 0.129. The number of aryl methyl sites for hydroxylation is 3. The molecule has 2 aliphatic carbocycles. The molecule has 0 radical (unpaired) electrons. The molecule has 0 fully saturated rings. The second-order valence-electron chi connectivity index (χ2n) is 22.1. The number of hydrogen-bond acceptors (Lipinski definition) is 3. The predicted octanol–water partition coefficient (Wildman–Crippen LogP) is 21.7. The van der Waals surface area contributed by atoms with Crippen molar-refractivity contribution in [2.24, 2.45) is 0 Å². The molecule has 4 heteroatoms. The lowest BCUT2D eigenvalue weighted by Gasteiger charge is -2.37. The Morgan fingerprint density at radius 1 is 0.607 bits per heavy atom. The fourth-order valence-corrected chi connectivity index (χ4v) is 13.2. The minimum atomic E-state index is -0.559. The molecular formula is C85H84N3P. The maximum atomic E-state index is 5.57. The molecule has 0 saturated heterocycles. The van der Waals surface area contributed by atoms with Gasteiger partial charge in [0, 0.05) is 18.0 Å². The molecule has 444 valence electrons. The number of allylic oxidation sites excluding steroid dienone is 10. The maximum Gasteiger partial charge on any atom is 0.0739 e. The van der Waals surface area contributed by atoms with Gasteiger partial charge in [0.05, 0.1) is 23.1 Å². The number of anilines is 3. The summed E-state index contributed by atoms with van der Waals surface area (Å²) in [5, 5.41) is 12.3. The van der Waals surface area contributed by atoms with Gasteiger partial charge in [0.15, 0.2) is 0 Å². The molecule has 2 unspecified atom stereocenters. The quantitative estimate of drug-likeness (QED) is 0.0687. The summed E-state index contributed by atoms with van der Waals surface area (Å²) in [5.74, 6) is 0. The zero-order chi connectivity index (χ0) is 62.5. The summed E-state index contributed by atoms with van der Waals surface area (Å²) in [6.45, 7) is 20.8. The highest BCUT2D eigenvalue weighted by Gasteiger charge is 2.33. The van der Waals surface area contributed by atoms with Crippen molar-refractivity contribution in [1.82, 2.24) is 0 Å². The molecule has 89 heavy (non-hydrogen) atoms. The number of nitrogen functional groups attached to an aromatic ring is 1. The number of benzene rings is 10. The maximum absolute atomic E-state index is 5.57. The van der Waals surface area contributed by atoms with Crippen molar-refractivity contribution in [3.05, 3.63) is 365 Å². The number of hydrogen-bond donors (Lipinski definition) is 3. The van der Waals surface area contributed by atoms with Gasteiger partial charge in [-0.3, -0.25) is 0 Å². The molecule has 4 N–H and O–H groups in total. The van der Waals surface area contributed by atoms with Crippen LogP contribution in [0.1, 0.15) is 88.9 Å². The van der Waals surface area contributed by atoms with Gasteiger partial charge in [-0.15, -0.1) is 0 Å². The summed E-state index contributed by atoms with van der Waals surface area (Å²) in [6.07, 6.45) is 21.5. The second-order valence-corrected chi connectivity index (χ2v) is 24.2. The molecule has 0 amide bonds. The highest BCUT2D eigenvalue weighted by Crippen LogP contribution is 2.50. The fourth-order valence-electron chi connectivity index (χ4n) is 11.7. The monoisotopic (exact) mass is 1180 g/mol. The van der Waals surface area contributed by atoms with Crippen LogP contribution in [-0.2, 0) is 12.8 Å². The smallest absolute Gasteiger partial charge is 0.0739 e. The molecule has 10 aromatic rings. The summed E-state index contributed by atoms with van der Waals surface area (Å²) < 4.78 is 0. The van der Waals surface area contributed by atoms with E-state index in [-0.39, 0.29) is 6.04 Å². The van der Waals surface area contributed by atoms with E-state index < -0.39 is 7.92 Å². The third-order valence-electron chi connectivity index (χ3n) is 16.4. The number of fused-ring (bicyclic) bond motifs is 7. The van der Waals surface area contributed by atoms with Crippen LogP contribution in [0.2, 0.25) is 0 Å². The van der Waals surface area contributed by atoms with E-state index in [1.807, 2.05) is 82.5 Å². The molecule has 3 nitrogen and oxygen atoms in total.